The van der Waals surface area contributed by atoms with E-state index in [2.05, 4.69) is 6.58 Å². The maximum atomic E-state index is 13.6. The molecular weight excluding hydrogens is 488 g/mol. The van der Waals surface area contributed by atoms with Crippen LogP contribution in [0.3, 0.4) is 0 Å². The fourth-order valence-electron chi connectivity index (χ4n) is 9.74. The van der Waals surface area contributed by atoms with Crippen molar-refractivity contribution in [1.82, 2.24) is 0 Å². The Labute approximate surface area is 214 Å². The van der Waals surface area contributed by atoms with Crippen LogP contribution in [0.1, 0.15) is 39.0 Å². The summed E-state index contributed by atoms with van der Waals surface area (Å²) in [7, 11) is 0. The van der Waals surface area contributed by atoms with Crippen LogP contribution in [0.5, 0.6) is 0 Å². The molecule has 0 amide bonds. The van der Waals surface area contributed by atoms with Crippen molar-refractivity contribution in [2.24, 2.45) is 39.9 Å². The molecule has 11 nitrogen and oxygen atoms in total. The molecule has 11 heteroatoms. The SMILES string of the molecule is C=C1CC23CC1CCC2C12COC(=O)C(C)(C(OC4OC(CO)C(O)C(O)C4O)C(O)C1)C2C3C(=O)O. The molecule has 6 N–H and O–H groups in total. The van der Waals surface area contributed by atoms with Crippen LogP contribution in [0.15, 0.2) is 12.2 Å². The summed E-state index contributed by atoms with van der Waals surface area (Å²) in [4.78, 5) is 26.6. The number of carbonyl (C=O) groups excluding carboxylic acids is 1. The molecule has 6 fully saturated rings. The van der Waals surface area contributed by atoms with Crippen molar-refractivity contribution >= 4 is 11.9 Å². The number of carboxylic acid groups (broad SMARTS) is 1. The second-order valence-corrected chi connectivity index (χ2v) is 12.5. The third-order valence-electron chi connectivity index (χ3n) is 11.0. The second-order valence-electron chi connectivity index (χ2n) is 12.5. The van der Waals surface area contributed by atoms with E-state index < -0.39 is 89.5 Å². The number of carboxylic acids is 1. The lowest BCUT2D eigenvalue weighted by molar-refractivity contribution is -0.341. The Kier molecular flexibility index (Phi) is 5.69. The number of hydrogen-bond donors (Lipinski definition) is 6. The van der Waals surface area contributed by atoms with E-state index in [9.17, 15) is 40.2 Å². The van der Waals surface area contributed by atoms with Crippen molar-refractivity contribution in [3.05, 3.63) is 12.2 Å². The highest BCUT2D eigenvalue weighted by Crippen LogP contribution is 2.79. The first-order chi connectivity index (χ1) is 17.4. The van der Waals surface area contributed by atoms with E-state index in [1.54, 1.807) is 6.92 Å². The number of aliphatic hydroxyl groups excluding tert-OH is 5. The Morgan fingerprint density at radius 3 is 2.51 bits per heavy atom. The third-order valence-corrected chi connectivity index (χ3v) is 11.0. The fourth-order valence-corrected chi connectivity index (χ4v) is 9.74. The van der Waals surface area contributed by atoms with Crippen molar-refractivity contribution < 1.29 is 54.4 Å². The Morgan fingerprint density at radius 2 is 1.84 bits per heavy atom. The lowest BCUT2D eigenvalue weighted by Crippen LogP contribution is -2.70. The molecule has 0 aromatic heterocycles. The monoisotopic (exact) mass is 524 g/mol. The molecule has 0 aromatic carbocycles. The topological polar surface area (TPSA) is 183 Å². The van der Waals surface area contributed by atoms with Crippen molar-refractivity contribution in [2.75, 3.05) is 13.2 Å². The van der Waals surface area contributed by atoms with Gasteiger partial charge in [0.05, 0.1) is 30.7 Å². The minimum absolute atomic E-state index is 0.0310. The van der Waals surface area contributed by atoms with E-state index in [1.807, 2.05) is 0 Å². The van der Waals surface area contributed by atoms with Crippen LogP contribution >= 0.6 is 0 Å². The lowest BCUT2D eigenvalue weighted by atomic mass is 9.49. The Hall–Kier alpha value is -1.60. The molecule has 14 atom stereocenters. The summed E-state index contributed by atoms with van der Waals surface area (Å²) in [5.41, 5.74) is -1.90. The molecule has 2 aliphatic heterocycles. The van der Waals surface area contributed by atoms with Gasteiger partial charge in [-0.3, -0.25) is 9.59 Å². The number of aliphatic carboxylic acids is 1. The van der Waals surface area contributed by atoms with Gasteiger partial charge in [-0.15, -0.1) is 0 Å². The minimum atomic E-state index is -1.74. The molecule has 0 aromatic rings. The van der Waals surface area contributed by atoms with Gasteiger partial charge in [0.25, 0.3) is 0 Å². The number of ether oxygens (including phenoxy) is 3. The first kappa shape index (κ1) is 25.7. The van der Waals surface area contributed by atoms with Gasteiger partial charge in [0.1, 0.15) is 30.5 Å². The smallest absolute Gasteiger partial charge is 0.314 e. The largest absolute Gasteiger partial charge is 0.481 e. The van der Waals surface area contributed by atoms with Crippen molar-refractivity contribution in [2.45, 2.75) is 81.9 Å². The number of hydrogen-bond acceptors (Lipinski definition) is 10. The highest BCUT2D eigenvalue weighted by atomic mass is 16.7. The maximum absolute atomic E-state index is 13.6. The number of esters is 1. The van der Waals surface area contributed by atoms with Gasteiger partial charge in [0, 0.05) is 11.3 Å². The van der Waals surface area contributed by atoms with Crippen molar-refractivity contribution in [3.63, 3.8) is 0 Å². The molecular formula is C26H36O11. The third kappa shape index (κ3) is 3.07. The molecule has 37 heavy (non-hydrogen) atoms. The highest BCUT2D eigenvalue weighted by Gasteiger charge is 2.81. The molecule has 4 saturated carbocycles. The van der Waals surface area contributed by atoms with Crippen LogP contribution in [-0.2, 0) is 23.8 Å². The van der Waals surface area contributed by atoms with Gasteiger partial charge in [-0.1, -0.05) is 12.2 Å². The first-order valence-corrected chi connectivity index (χ1v) is 13.1. The number of rotatable bonds is 4. The zero-order valence-electron chi connectivity index (χ0n) is 20.7. The van der Waals surface area contributed by atoms with Crippen LogP contribution < -0.4 is 0 Å². The van der Waals surface area contributed by atoms with Gasteiger partial charge in [-0.05, 0) is 56.3 Å². The molecule has 14 unspecified atom stereocenters. The molecule has 6 aliphatic rings. The molecule has 6 rings (SSSR count). The van der Waals surface area contributed by atoms with Gasteiger partial charge in [-0.25, -0.2) is 0 Å². The van der Waals surface area contributed by atoms with Crippen LogP contribution in [0.25, 0.3) is 0 Å². The normalized spacial score (nSPS) is 56.4. The van der Waals surface area contributed by atoms with E-state index in [0.29, 0.717) is 12.8 Å². The van der Waals surface area contributed by atoms with Crippen molar-refractivity contribution in [1.29, 1.82) is 0 Å². The average Bonchev–Trinajstić information content (AvgIpc) is 3.25. The number of fused-ring (bicyclic) bond motifs is 1. The summed E-state index contributed by atoms with van der Waals surface area (Å²) in [6, 6.07) is 0. The van der Waals surface area contributed by atoms with Gasteiger partial charge in [0.2, 0.25) is 0 Å². The number of carbonyl (C=O) groups is 2. The molecule has 206 valence electrons. The minimum Gasteiger partial charge on any atom is -0.481 e. The predicted molar refractivity (Wildman–Crippen MR) is 122 cm³/mol. The fraction of sp³-hybridized carbons (Fsp3) is 0.846. The molecule has 0 radical (unpaired) electrons. The summed E-state index contributed by atoms with van der Waals surface area (Å²) in [6.07, 6.45) is -7.35. The summed E-state index contributed by atoms with van der Waals surface area (Å²) in [5, 5.41) is 62.7. The molecule has 4 bridgehead atoms. The van der Waals surface area contributed by atoms with Crippen LogP contribution in [0, 0.1) is 39.9 Å². The van der Waals surface area contributed by atoms with Crippen LogP contribution in [-0.4, -0.2) is 98.7 Å². The van der Waals surface area contributed by atoms with Gasteiger partial charge >= 0.3 is 11.9 Å². The first-order valence-electron chi connectivity index (χ1n) is 13.1. The molecule has 1 spiro atoms. The molecule has 2 heterocycles. The molecule has 2 saturated heterocycles. The summed E-state index contributed by atoms with van der Waals surface area (Å²) < 4.78 is 17.3. The van der Waals surface area contributed by atoms with Crippen LogP contribution in [0.4, 0.5) is 0 Å². The van der Waals surface area contributed by atoms with E-state index in [1.165, 1.54) is 0 Å². The quantitative estimate of drug-likeness (QED) is 0.200. The standard InChI is InChI=1S/C26H36O11/c1-10-5-25-6-11(10)3-4-14(25)26-7-12(28)20(37-22-18(31)17(30)16(29)13(8-27)36-22)24(2,23(34)35-9-26)19(26)15(25)21(32)33/h11-20,22,27-31H,1,3-9H2,2H3,(H,32,33). The Morgan fingerprint density at radius 1 is 1.11 bits per heavy atom. The van der Waals surface area contributed by atoms with Crippen LogP contribution in [0.2, 0.25) is 0 Å². The van der Waals surface area contributed by atoms with Gasteiger partial charge < -0.3 is 44.8 Å². The second kappa shape index (κ2) is 8.20. The summed E-state index contributed by atoms with van der Waals surface area (Å²) >= 11 is 0. The molecule has 4 aliphatic carbocycles. The van der Waals surface area contributed by atoms with Crippen molar-refractivity contribution in [3.8, 4) is 0 Å². The lowest BCUT2D eigenvalue weighted by Gasteiger charge is -2.60. The maximum Gasteiger partial charge on any atom is 0.314 e. The summed E-state index contributed by atoms with van der Waals surface area (Å²) in [6.45, 7) is 5.18. The Bertz CT molecular complexity index is 1010. The van der Waals surface area contributed by atoms with E-state index >= 15 is 0 Å². The zero-order chi connectivity index (χ0) is 26.7. The number of aliphatic hydroxyl groups is 5. The van der Waals surface area contributed by atoms with Gasteiger partial charge in [-0.2, -0.15) is 0 Å². The summed E-state index contributed by atoms with van der Waals surface area (Å²) in [5.74, 6) is -3.09. The highest BCUT2D eigenvalue weighted by molar-refractivity contribution is 5.83. The van der Waals surface area contributed by atoms with E-state index in [4.69, 9.17) is 14.2 Å². The zero-order valence-corrected chi connectivity index (χ0v) is 20.7. The van der Waals surface area contributed by atoms with Gasteiger partial charge in [0.15, 0.2) is 6.29 Å². The van der Waals surface area contributed by atoms with E-state index in [0.717, 1.165) is 18.4 Å². The number of allylic oxidation sites excluding steroid dienone is 1. The number of cyclic esters (lactones) is 1. The predicted octanol–water partition coefficient (Wildman–Crippen LogP) is -0.821. The Balaban J connectivity index is 1.43. The average molecular weight is 525 g/mol. The van der Waals surface area contributed by atoms with E-state index in [-0.39, 0.29) is 24.9 Å².